The maximum atomic E-state index is 6.54. The average molecular weight is 604 g/mol. The summed E-state index contributed by atoms with van der Waals surface area (Å²) in [6.45, 7) is 0. The van der Waals surface area contributed by atoms with E-state index < -0.39 is 0 Å². The third kappa shape index (κ3) is 5.01. The monoisotopic (exact) mass is 603 g/mol. The van der Waals surface area contributed by atoms with Crippen LogP contribution in [0.15, 0.2) is 164 Å². The van der Waals surface area contributed by atoms with Gasteiger partial charge in [0, 0.05) is 28.2 Å². The van der Waals surface area contributed by atoms with E-state index in [-0.39, 0.29) is 12.0 Å². The lowest BCUT2D eigenvalue weighted by molar-refractivity contribution is 0.269. The van der Waals surface area contributed by atoms with Gasteiger partial charge in [0.25, 0.3) is 0 Å². The van der Waals surface area contributed by atoms with Crippen LogP contribution < -0.4 is 4.74 Å². The number of hydrogen-bond acceptors (Lipinski definition) is 4. The molecule has 0 radical (unpaired) electrons. The van der Waals surface area contributed by atoms with Crippen LogP contribution in [-0.2, 0) is 0 Å². The number of rotatable bonds is 5. The Bertz CT molecular complexity index is 2330. The van der Waals surface area contributed by atoms with E-state index in [1.165, 1.54) is 16.3 Å². The Balaban J connectivity index is 1.20. The molecule has 0 amide bonds. The van der Waals surface area contributed by atoms with Crippen LogP contribution in [0.4, 0.5) is 0 Å². The van der Waals surface area contributed by atoms with E-state index in [2.05, 4.69) is 127 Å². The molecule has 9 rings (SSSR count). The maximum Gasteiger partial charge on any atom is 0.164 e. The minimum atomic E-state index is -0.0580. The second kappa shape index (κ2) is 11.3. The van der Waals surface area contributed by atoms with Gasteiger partial charge in [0.1, 0.15) is 11.9 Å². The molecule has 1 aliphatic heterocycles. The molecule has 0 N–H and O–H groups in total. The highest BCUT2D eigenvalue weighted by Gasteiger charge is 2.36. The lowest BCUT2D eigenvalue weighted by atomic mass is 9.87. The average Bonchev–Trinajstić information content (AvgIpc) is 3.53. The Labute approximate surface area is 273 Å². The minimum Gasteiger partial charge on any atom is -0.485 e. The molecule has 2 aliphatic rings. The summed E-state index contributed by atoms with van der Waals surface area (Å²) in [6, 6.07) is 48.5. The van der Waals surface area contributed by atoms with Crippen LogP contribution in [0.3, 0.4) is 0 Å². The summed E-state index contributed by atoms with van der Waals surface area (Å²) in [5.74, 6) is 2.85. The molecule has 0 saturated carbocycles. The van der Waals surface area contributed by atoms with Crippen molar-refractivity contribution in [1.82, 2.24) is 15.0 Å². The summed E-state index contributed by atoms with van der Waals surface area (Å²) in [7, 11) is 0. The molecule has 1 aliphatic carbocycles. The molecule has 2 atom stereocenters. The second-order valence-electron chi connectivity index (χ2n) is 12.0. The van der Waals surface area contributed by atoms with Gasteiger partial charge in [0.05, 0.1) is 0 Å². The topological polar surface area (TPSA) is 47.9 Å². The predicted molar refractivity (Wildman–Crippen MR) is 190 cm³/mol. The first kappa shape index (κ1) is 27.2. The van der Waals surface area contributed by atoms with Crippen molar-refractivity contribution >= 4 is 10.8 Å². The van der Waals surface area contributed by atoms with Gasteiger partial charge in [-0.2, -0.15) is 0 Å². The van der Waals surface area contributed by atoms with Crippen LogP contribution in [0.1, 0.15) is 11.5 Å². The molecular formula is C43H29N3O. The summed E-state index contributed by atoms with van der Waals surface area (Å²) in [5, 5.41) is 2.46. The second-order valence-corrected chi connectivity index (χ2v) is 12.0. The Hall–Kier alpha value is -6.13. The van der Waals surface area contributed by atoms with E-state index in [4.69, 9.17) is 19.7 Å². The van der Waals surface area contributed by atoms with Gasteiger partial charge in [-0.1, -0.05) is 140 Å². The van der Waals surface area contributed by atoms with Crippen LogP contribution >= 0.6 is 0 Å². The van der Waals surface area contributed by atoms with Gasteiger partial charge in [-0.15, -0.1) is 0 Å². The summed E-state index contributed by atoms with van der Waals surface area (Å²) in [5.41, 5.74) is 8.44. The van der Waals surface area contributed by atoms with Gasteiger partial charge in [-0.25, -0.2) is 15.0 Å². The van der Waals surface area contributed by atoms with Crippen molar-refractivity contribution in [2.75, 3.05) is 0 Å². The fraction of sp³-hybridized carbons (Fsp3) is 0.0465. The summed E-state index contributed by atoms with van der Waals surface area (Å²) >= 11 is 0. The number of hydrogen-bond donors (Lipinski definition) is 0. The number of benzene rings is 6. The lowest BCUT2D eigenvalue weighted by Crippen LogP contribution is -2.16. The zero-order valence-electron chi connectivity index (χ0n) is 25.5. The number of allylic oxidation sites excluding steroid dienone is 2. The molecule has 0 saturated heterocycles. The highest BCUT2D eigenvalue weighted by Crippen LogP contribution is 2.48. The van der Waals surface area contributed by atoms with Crippen LogP contribution in [0.2, 0.25) is 0 Å². The molecule has 4 heteroatoms. The van der Waals surface area contributed by atoms with E-state index in [0.29, 0.717) is 17.5 Å². The third-order valence-electron chi connectivity index (χ3n) is 9.06. The lowest BCUT2D eigenvalue weighted by Gasteiger charge is -2.16. The highest BCUT2D eigenvalue weighted by atomic mass is 16.5. The highest BCUT2D eigenvalue weighted by molar-refractivity contribution is 5.87. The van der Waals surface area contributed by atoms with Crippen LogP contribution in [-0.4, -0.2) is 21.1 Å². The molecule has 222 valence electrons. The predicted octanol–water partition coefficient (Wildman–Crippen LogP) is 10.3. The Morgan fingerprint density at radius 2 is 1.00 bits per heavy atom. The van der Waals surface area contributed by atoms with Gasteiger partial charge in [-0.3, -0.25) is 0 Å². The molecule has 2 unspecified atom stereocenters. The first-order chi connectivity index (χ1) is 23.3. The van der Waals surface area contributed by atoms with E-state index >= 15 is 0 Å². The van der Waals surface area contributed by atoms with Crippen molar-refractivity contribution < 1.29 is 4.74 Å². The Kier molecular flexibility index (Phi) is 6.57. The Morgan fingerprint density at radius 1 is 0.426 bits per heavy atom. The van der Waals surface area contributed by atoms with Crippen molar-refractivity contribution in [3.05, 3.63) is 169 Å². The molecule has 47 heavy (non-hydrogen) atoms. The van der Waals surface area contributed by atoms with Crippen molar-refractivity contribution in [3.63, 3.8) is 0 Å². The van der Waals surface area contributed by atoms with E-state index in [1.54, 1.807) is 0 Å². The van der Waals surface area contributed by atoms with Crippen LogP contribution in [0.25, 0.3) is 67.2 Å². The summed E-state index contributed by atoms with van der Waals surface area (Å²) in [4.78, 5) is 15.3. The molecule has 4 nitrogen and oxygen atoms in total. The smallest absolute Gasteiger partial charge is 0.164 e. The van der Waals surface area contributed by atoms with E-state index in [0.717, 1.165) is 44.7 Å². The maximum absolute atomic E-state index is 6.54. The van der Waals surface area contributed by atoms with Crippen LogP contribution in [0, 0.1) is 0 Å². The minimum absolute atomic E-state index is 0.0580. The largest absolute Gasteiger partial charge is 0.485 e. The van der Waals surface area contributed by atoms with Crippen molar-refractivity contribution in [2.45, 2.75) is 12.0 Å². The third-order valence-corrected chi connectivity index (χ3v) is 9.06. The van der Waals surface area contributed by atoms with Gasteiger partial charge in [0.2, 0.25) is 0 Å². The number of fused-ring (bicyclic) bond motifs is 4. The van der Waals surface area contributed by atoms with E-state index in [1.807, 2.05) is 36.4 Å². The first-order valence-corrected chi connectivity index (χ1v) is 15.9. The quantitative estimate of drug-likeness (QED) is 0.196. The number of aromatic nitrogens is 3. The van der Waals surface area contributed by atoms with Gasteiger partial charge in [-0.05, 0) is 57.3 Å². The summed E-state index contributed by atoms with van der Waals surface area (Å²) in [6.07, 6.45) is 8.44. The number of nitrogens with zero attached hydrogens (tertiary/aromatic N) is 3. The zero-order chi connectivity index (χ0) is 31.2. The normalized spacial score (nSPS) is 16.1. The SMILES string of the molecule is C1=CC2Oc3cc(-c4ccccc4)cc(-c4nc(-c5ccccc5)nc(-c5ccc(-c6ccc7ccccc7c6)cc5)n4)c3C2C=C1. The molecular weight excluding hydrogens is 574 g/mol. The Morgan fingerprint density at radius 3 is 1.77 bits per heavy atom. The molecule has 2 heterocycles. The van der Waals surface area contributed by atoms with Crippen LogP contribution in [0.5, 0.6) is 5.75 Å². The molecule has 1 aromatic heterocycles. The zero-order valence-corrected chi connectivity index (χ0v) is 25.5. The molecule has 6 aromatic carbocycles. The fourth-order valence-corrected chi connectivity index (χ4v) is 6.68. The first-order valence-electron chi connectivity index (χ1n) is 15.9. The molecule has 0 fully saturated rings. The fourth-order valence-electron chi connectivity index (χ4n) is 6.68. The van der Waals surface area contributed by atoms with Gasteiger partial charge in [0.15, 0.2) is 17.5 Å². The summed E-state index contributed by atoms with van der Waals surface area (Å²) < 4.78 is 6.54. The van der Waals surface area contributed by atoms with Gasteiger partial charge < -0.3 is 4.74 Å². The molecule has 0 bridgehead atoms. The van der Waals surface area contributed by atoms with Gasteiger partial charge >= 0.3 is 0 Å². The molecule has 0 spiro atoms. The number of ether oxygens (including phenoxy) is 1. The van der Waals surface area contributed by atoms with E-state index in [9.17, 15) is 0 Å². The molecule has 7 aromatic rings. The van der Waals surface area contributed by atoms with Crippen molar-refractivity contribution in [2.24, 2.45) is 0 Å². The van der Waals surface area contributed by atoms with Crippen molar-refractivity contribution in [1.29, 1.82) is 0 Å². The van der Waals surface area contributed by atoms with Crippen molar-refractivity contribution in [3.8, 4) is 62.2 Å². The standard InChI is InChI=1S/C43H29N3O/c1-3-11-28(12-4-1)35-26-37(40-36-17-9-10-18-38(36)47-39(40)27-35)43-45-41(31-14-5-2-6-15-31)44-42(46-43)32-22-19-30(20-23-32)34-24-21-29-13-7-8-16-33(29)25-34/h1-27,36,38H.